The van der Waals surface area contributed by atoms with Gasteiger partial charge < -0.3 is 9.84 Å². The molecule has 1 aliphatic heterocycles. The van der Waals surface area contributed by atoms with Crippen LogP contribution in [0.5, 0.6) is 0 Å². The highest BCUT2D eigenvalue weighted by Gasteiger charge is 2.66. The van der Waals surface area contributed by atoms with Gasteiger partial charge in [0.05, 0.1) is 6.61 Å². The number of hydrogen-bond donors (Lipinski definition) is 1. The van der Waals surface area contributed by atoms with Crippen molar-refractivity contribution in [1.82, 2.24) is 0 Å². The lowest BCUT2D eigenvalue weighted by Gasteiger charge is -2.12. The fourth-order valence-electron chi connectivity index (χ4n) is 2.15. The van der Waals surface area contributed by atoms with Crippen molar-refractivity contribution in [1.29, 1.82) is 0 Å². The van der Waals surface area contributed by atoms with Crippen LogP contribution in [0, 0.1) is 0 Å². The topological polar surface area (TPSA) is 32.8 Å². The first-order valence-corrected chi connectivity index (χ1v) is 5.05. The highest BCUT2D eigenvalue weighted by Crippen LogP contribution is 2.56. The molecule has 14 heavy (non-hydrogen) atoms. The van der Waals surface area contributed by atoms with E-state index in [-0.39, 0.29) is 17.8 Å². The van der Waals surface area contributed by atoms with E-state index in [2.05, 4.69) is 0 Å². The van der Waals surface area contributed by atoms with Crippen LogP contribution in [0.15, 0.2) is 30.3 Å². The van der Waals surface area contributed by atoms with Crippen LogP contribution in [0.3, 0.4) is 0 Å². The Labute approximate surface area is 84.5 Å². The molecule has 0 spiro atoms. The molecule has 0 radical (unpaired) electrons. The first-order valence-electron chi connectivity index (χ1n) is 5.05. The lowest BCUT2D eigenvalue weighted by molar-refractivity contribution is 0.167. The molecule has 2 heteroatoms. The van der Waals surface area contributed by atoms with Gasteiger partial charge in [0.25, 0.3) is 0 Å². The van der Waals surface area contributed by atoms with E-state index in [1.54, 1.807) is 0 Å². The van der Waals surface area contributed by atoms with Crippen LogP contribution in [-0.2, 0) is 10.3 Å². The van der Waals surface area contributed by atoms with E-state index in [9.17, 15) is 5.11 Å². The molecule has 0 bridgehead atoms. The lowest BCUT2D eigenvalue weighted by Crippen LogP contribution is -2.24. The van der Waals surface area contributed by atoms with Crippen LogP contribution in [0.25, 0.3) is 0 Å². The van der Waals surface area contributed by atoms with Crippen LogP contribution >= 0.6 is 0 Å². The molecule has 2 atom stereocenters. The summed E-state index contributed by atoms with van der Waals surface area (Å²) in [5.41, 5.74) is 0.502. The second-order valence-corrected chi connectivity index (χ2v) is 4.01. The third-order valence-corrected chi connectivity index (χ3v) is 3.38. The second-order valence-electron chi connectivity index (χ2n) is 4.01. The van der Waals surface area contributed by atoms with Crippen molar-refractivity contribution in [2.75, 3.05) is 6.61 Å². The van der Waals surface area contributed by atoms with Crippen LogP contribution in [0.4, 0.5) is 0 Å². The molecule has 1 aromatic rings. The average Bonchev–Trinajstić information content (AvgIpc) is 2.88. The van der Waals surface area contributed by atoms with Gasteiger partial charge in [-0.25, -0.2) is 0 Å². The van der Waals surface area contributed by atoms with Crippen LogP contribution in [-0.4, -0.2) is 17.3 Å². The molecule has 1 fully saturated rings. The first kappa shape index (κ1) is 9.69. The van der Waals surface area contributed by atoms with Crippen LogP contribution in [0.1, 0.15) is 25.8 Å². The van der Waals surface area contributed by atoms with Gasteiger partial charge >= 0.3 is 0 Å². The number of hydrogen-bond acceptors (Lipinski definition) is 2. The van der Waals surface area contributed by atoms with Crippen molar-refractivity contribution in [3.8, 4) is 0 Å². The summed E-state index contributed by atoms with van der Waals surface area (Å²) in [5.74, 6) is 0. The van der Waals surface area contributed by atoms with Gasteiger partial charge in [0.1, 0.15) is 11.2 Å². The first-order chi connectivity index (χ1) is 6.68. The molecule has 1 heterocycles. The Balaban J connectivity index is 2.30. The number of aliphatic hydroxyl groups excluding tert-OH is 1. The molecule has 1 N–H and O–H groups in total. The maximum atomic E-state index is 9.33. The monoisotopic (exact) mass is 192 g/mol. The van der Waals surface area contributed by atoms with Gasteiger partial charge in [0.15, 0.2) is 0 Å². The quantitative estimate of drug-likeness (QED) is 0.744. The van der Waals surface area contributed by atoms with E-state index in [1.165, 1.54) is 0 Å². The van der Waals surface area contributed by atoms with Crippen molar-refractivity contribution < 1.29 is 9.84 Å². The summed E-state index contributed by atoms with van der Waals surface area (Å²) in [6, 6.07) is 10.1. The van der Waals surface area contributed by atoms with E-state index in [1.807, 2.05) is 44.2 Å². The van der Waals surface area contributed by atoms with Gasteiger partial charge in [-0.1, -0.05) is 37.3 Å². The third-order valence-electron chi connectivity index (χ3n) is 3.38. The predicted octanol–water partition coefficient (Wildman–Crippen LogP) is 2.07. The molecule has 0 unspecified atom stereocenters. The summed E-state index contributed by atoms with van der Waals surface area (Å²) < 4.78 is 5.73. The van der Waals surface area contributed by atoms with E-state index in [4.69, 9.17) is 4.74 Å². The molecular formula is C12H16O2. The van der Waals surface area contributed by atoms with Gasteiger partial charge in [-0.3, -0.25) is 0 Å². The number of benzene rings is 1. The maximum absolute atomic E-state index is 9.33. The van der Waals surface area contributed by atoms with Gasteiger partial charge in [0, 0.05) is 0 Å². The van der Waals surface area contributed by atoms with Crippen molar-refractivity contribution in [3.63, 3.8) is 0 Å². The lowest BCUT2D eigenvalue weighted by atomic mass is 9.86. The largest absolute Gasteiger partial charge is 0.393 e. The smallest absolute Gasteiger partial charge is 0.125 e. The Kier molecular flexibility index (Phi) is 2.13. The minimum Gasteiger partial charge on any atom is -0.393 e. The number of rotatable bonds is 3. The Hall–Kier alpha value is -0.860. The summed E-state index contributed by atoms with van der Waals surface area (Å²) >= 11 is 0. The Morgan fingerprint density at radius 3 is 2.36 bits per heavy atom. The molecule has 1 saturated heterocycles. The van der Waals surface area contributed by atoms with Gasteiger partial charge in [-0.05, 0) is 18.9 Å². The van der Waals surface area contributed by atoms with Crippen LogP contribution in [0.2, 0.25) is 0 Å². The summed E-state index contributed by atoms with van der Waals surface area (Å²) in [5, 5.41) is 9.33. The SMILES string of the molecule is CC[C@@]1(CO)O[C@]1(C)c1ccccc1. The number of ether oxygens (including phenoxy) is 1. The Morgan fingerprint density at radius 1 is 1.29 bits per heavy atom. The molecule has 0 saturated carbocycles. The predicted molar refractivity (Wildman–Crippen MR) is 55.0 cm³/mol. The minimum absolute atomic E-state index is 0.0922. The molecule has 2 rings (SSSR count). The zero-order valence-corrected chi connectivity index (χ0v) is 8.66. The normalized spacial score (nSPS) is 35.6. The number of aliphatic hydroxyl groups is 1. The molecule has 1 aromatic carbocycles. The van der Waals surface area contributed by atoms with Gasteiger partial charge in [-0.2, -0.15) is 0 Å². The van der Waals surface area contributed by atoms with Crippen molar-refractivity contribution in [3.05, 3.63) is 35.9 Å². The fourth-order valence-corrected chi connectivity index (χ4v) is 2.15. The van der Waals surface area contributed by atoms with Crippen molar-refractivity contribution >= 4 is 0 Å². The summed E-state index contributed by atoms with van der Waals surface area (Å²) in [6.07, 6.45) is 0.842. The van der Waals surface area contributed by atoms with Crippen LogP contribution < -0.4 is 0 Å². The van der Waals surface area contributed by atoms with Gasteiger partial charge in [-0.15, -0.1) is 0 Å². The molecule has 0 aromatic heterocycles. The van der Waals surface area contributed by atoms with Crippen molar-refractivity contribution in [2.24, 2.45) is 0 Å². The summed E-state index contributed by atoms with van der Waals surface area (Å²) in [4.78, 5) is 0. The average molecular weight is 192 g/mol. The molecule has 76 valence electrons. The van der Waals surface area contributed by atoms with E-state index in [0.29, 0.717) is 0 Å². The second kappa shape index (κ2) is 3.07. The standard InChI is InChI=1S/C12H16O2/c1-3-12(9-13)11(2,14-12)10-7-5-4-6-8-10/h4-8,13H,3,9H2,1-2H3/t11-,12+/m1/s1. The molecule has 0 aliphatic carbocycles. The van der Waals surface area contributed by atoms with E-state index < -0.39 is 0 Å². The molecule has 1 aliphatic rings. The molecular weight excluding hydrogens is 176 g/mol. The maximum Gasteiger partial charge on any atom is 0.125 e. The highest BCUT2D eigenvalue weighted by atomic mass is 16.6. The minimum atomic E-state index is -0.353. The Bertz CT molecular complexity index is 316. The summed E-state index contributed by atoms with van der Waals surface area (Å²) in [7, 11) is 0. The Morgan fingerprint density at radius 2 is 1.93 bits per heavy atom. The highest BCUT2D eigenvalue weighted by molar-refractivity contribution is 5.32. The van der Waals surface area contributed by atoms with E-state index >= 15 is 0 Å². The third kappa shape index (κ3) is 1.11. The molecule has 0 amide bonds. The van der Waals surface area contributed by atoms with Gasteiger partial charge in [0.2, 0.25) is 0 Å². The number of epoxide rings is 1. The van der Waals surface area contributed by atoms with Crippen molar-refractivity contribution in [2.45, 2.75) is 31.5 Å². The summed E-state index contributed by atoms with van der Waals surface area (Å²) in [6.45, 7) is 4.18. The zero-order chi connectivity index (χ0) is 10.2. The fraction of sp³-hybridized carbons (Fsp3) is 0.500. The van der Waals surface area contributed by atoms with E-state index in [0.717, 1.165) is 12.0 Å². The molecule has 2 nitrogen and oxygen atoms in total. The zero-order valence-electron chi connectivity index (χ0n) is 8.66.